The van der Waals surface area contributed by atoms with E-state index >= 15 is 0 Å². The summed E-state index contributed by atoms with van der Waals surface area (Å²) in [6.45, 7) is 8.67. The van der Waals surface area contributed by atoms with Crippen LogP contribution in [0.2, 0.25) is 0 Å². The standard InChI is InChI=1S/C9H11NO3.C9H11NO2.C6H14N4O2.C6H9N3O2.C6H14N2O2.2C6H13NO2.H3N/c10-8(9(12)13)5-6-1-3-7(11)4-2-6;10-8(9(11)12)6-7-4-2-1-3-5-7;7-4(5(11)12)2-1-3-10-6(8)9;7-5(6(10)11)1-4-2-8-3-9-4;7-4-2-1-3-5(8)6(9)10;1-4(2)3-5(7)6(8)9;1-3-4(2)5(7)6(8)9;/h1-4,8,11H,5,10H2,(H,12,13);1-5,8H,6,10H2,(H,11,12);4H,1-3,7H2,(H,11,12)(H4,8,9,10);2-3,5H,1,7H2,(H,8,9)(H,10,11);5H,1-4,7-8H2,(H,9,10);2*4-5H,3,7H2,1-2H3,(H,8,9);1H3. The van der Waals surface area contributed by atoms with Crippen molar-refractivity contribution < 1.29 is 74.4 Å². The van der Waals surface area contributed by atoms with Gasteiger partial charge in [0.2, 0.25) is 0 Å². The van der Waals surface area contributed by atoms with Crippen LogP contribution in [0.5, 0.6) is 5.75 Å². The number of nitrogens with two attached hydrogens (primary N) is 10. The van der Waals surface area contributed by atoms with Crippen molar-refractivity contribution in [2.24, 2.45) is 74.2 Å². The van der Waals surface area contributed by atoms with Crippen molar-refractivity contribution in [3.63, 3.8) is 0 Å². The van der Waals surface area contributed by atoms with E-state index in [0.717, 1.165) is 36.1 Å². The number of carboxylic acid groups (broad SMARTS) is 7. The summed E-state index contributed by atoms with van der Waals surface area (Å²) in [5.74, 6) is -6.14. The number of nitrogens with zero attached hydrogens (tertiary/aromatic N) is 2. The number of aliphatic carboxylic acids is 7. The maximum atomic E-state index is 10.4. The van der Waals surface area contributed by atoms with Gasteiger partial charge in [0.15, 0.2) is 5.96 Å². The fourth-order valence-corrected chi connectivity index (χ4v) is 5.03. The Balaban J connectivity index is -0.000000262. The van der Waals surface area contributed by atoms with Crippen LogP contribution in [0.3, 0.4) is 0 Å². The van der Waals surface area contributed by atoms with Crippen molar-refractivity contribution >= 4 is 47.7 Å². The van der Waals surface area contributed by atoms with Gasteiger partial charge in [0, 0.05) is 24.9 Å². The molecule has 0 radical (unpaired) electrons. The largest absolute Gasteiger partial charge is 0.508 e. The Morgan fingerprint density at radius 2 is 0.987 bits per heavy atom. The number of carbonyl (C=O) groups is 7. The van der Waals surface area contributed by atoms with Gasteiger partial charge in [-0.1, -0.05) is 83.0 Å². The monoisotopic (exact) mass is 1100 g/mol. The Hall–Kier alpha value is -7.35. The molecular weight excluding hydrogens is 1010 g/mol. The number of benzene rings is 2. The lowest BCUT2D eigenvalue weighted by Crippen LogP contribution is -2.36. The molecule has 0 aliphatic rings. The number of guanidine groups is 1. The van der Waals surface area contributed by atoms with Gasteiger partial charge in [-0.3, -0.25) is 38.6 Å². The van der Waals surface area contributed by atoms with Gasteiger partial charge in [0.25, 0.3) is 0 Å². The highest BCUT2D eigenvalue weighted by molar-refractivity contribution is 5.76. The highest BCUT2D eigenvalue weighted by Gasteiger charge is 2.18. The third-order valence-electron chi connectivity index (χ3n) is 9.79. The summed E-state index contributed by atoms with van der Waals surface area (Å²) in [7, 11) is 0. The van der Waals surface area contributed by atoms with Crippen LogP contribution in [-0.4, -0.2) is 154 Å². The van der Waals surface area contributed by atoms with Crippen molar-refractivity contribution in [2.75, 3.05) is 13.1 Å². The van der Waals surface area contributed by atoms with Gasteiger partial charge in [-0.2, -0.15) is 0 Å². The zero-order valence-corrected chi connectivity index (χ0v) is 44.3. The SMILES string of the molecule is CC(C)CC(N)C(=O)O.CCC(C)C(N)C(=O)O.N.NC(Cc1ccc(O)cc1)C(=O)O.NC(Cc1ccccc1)C(=O)O.NC(Cc1cnc[nH]1)C(=O)O.NC(N)=NCCCC(N)C(=O)O.NCCCCC(N)C(=O)O. The Bertz CT molecular complexity index is 2070. The van der Waals surface area contributed by atoms with Gasteiger partial charge in [0.1, 0.15) is 48.0 Å². The van der Waals surface area contributed by atoms with Crippen LogP contribution in [0.1, 0.15) is 89.5 Å². The number of H-pyrrole nitrogens is 1. The summed E-state index contributed by atoms with van der Waals surface area (Å²) < 4.78 is 0. The second-order valence-electron chi connectivity index (χ2n) is 17.1. The number of rotatable bonds is 25. The minimum absolute atomic E-state index is 0. The molecule has 77 heavy (non-hydrogen) atoms. The summed E-state index contributed by atoms with van der Waals surface area (Å²) in [6.07, 6.45) is 8.48. The molecule has 0 aliphatic heterocycles. The predicted octanol–water partition coefficient (Wildman–Crippen LogP) is -0.618. The number of hydrogen-bond acceptors (Lipinski definition) is 19. The molecule has 3 aromatic rings. The molecule has 32 N–H and O–H groups in total. The molecule has 1 heterocycles. The minimum atomic E-state index is -1.02. The van der Waals surface area contributed by atoms with Crippen molar-refractivity contribution in [2.45, 2.75) is 134 Å². The summed E-state index contributed by atoms with van der Waals surface area (Å²) in [6, 6.07) is 10.2. The van der Waals surface area contributed by atoms with E-state index in [1.54, 1.807) is 18.3 Å². The lowest BCUT2D eigenvalue weighted by Gasteiger charge is -2.11. The number of aliphatic imine (C=N–C) groups is 1. The number of aromatic hydroxyl groups is 1. The molecule has 0 fully saturated rings. The summed E-state index contributed by atoms with van der Waals surface area (Å²) in [5, 5.41) is 67.8. The first-order chi connectivity index (χ1) is 35.3. The quantitative estimate of drug-likeness (QED) is 0.0286. The summed E-state index contributed by atoms with van der Waals surface area (Å²) in [5.41, 5.74) is 54.6. The van der Waals surface area contributed by atoms with Gasteiger partial charge < -0.3 is 109 Å². The molecule has 0 aliphatic carbocycles. The summed E-state index contributed by atoms with van der Waals surface area (Å²) >= 11 is 0. The first kappa shape index (κ1) is 78.5. The molecule has 3 rings (SSSR count). The maximum Gasteiger partial charge on any atom is 0.320 e. The van der Waals surface area contributed by atoms with Crippen LogP contribution >= 0.6 is 0 Å². The molecule has 8 atom stereocenters. The van der Waals surface area contributed by atoms with E-state index in [1.165, 1.54) is 18.5 Å². The molecule has 2 aromatic carbocycles. The molecule has 1 aromatic heterocycles. The Morgan fingerprint density at radius 1 is 0.571 bits per heavy atom. The zero-order chi connectivity index (χ0) is 59.5. The van der Waals surface area contributed by atoms with Crippen LogP contribution in [-0.2, 0) is 52.8 Å². The normalized spacial score (nSPS) is 13.0. The van der Waals surface area contributed by atoms with Gasteiger partial charge in [0.05, 0.1) is 6.33 Å². The molecule has 0 spiro atoms. The molecule has 440 valence electrons. The van der Waals surface area contributed by atoms with Gasteiger partial charge in [-0.05, 0) is 86.6 Å². The zero-order valence-electron chi connectivity index (χ0n) is 44.3. The summed E-state index contributed by atoms with van der Waals surface area (Å²) in [4.78, 5) is 81.9. The molecule has 29 heteroatoms. The highest BCUT2D eigenvalue weighted by atomic mass is 16.4. The highest BCUT2D eigenvalue weighted by Crippen LogP contribution is 2.11. The van der Waals surface area contributed by atoms with Gasteiger partial charge in [-0.15, -0.1) is 0 Å². The van der Waals surface area contributed by atoms with E-state index in [-0.39, 0.29) is 36.6 Å². The topological polar surface area (TPSA) is 618 Å². The maximum absolute atomic E-state index is 10.4. The van der Waals surface area contributed by atoms with Crippen molar-refractivity contribution in [3.05, 3.63) is 83.9 Å². The average molecular weight is 1100 g/mol. The third kappa shape index (κ3) is 48.1. The van der Waals surface area contributed by atoms with E-state index in [1.807, 2.05) is 58.0 Å². The first-order valence-electron chi connectivity index (χ1n) is 23.8. The van der Waals surface area contributed by atoms with Crippen LogP contribution in [0, 0.1) is 11.8 Å². The molecule has 29 nitrogen and oxygen atoms in total. The van der Waals surface area contributed by atoms with E-state index in [2.05, 4.69) is 15.0 Å². The van der Waals surface area contributed by atoms with E-state index in [0.29, 0.717) is 51.1 Å². The number of unbranched alkanes of at least 4 members (excludes halogenated alkanes) is 1. The molecule has 0 amide bonds. The second-order valence-corrected chi connectivity index (χ2v) is 17.1. The van der Waals surface area contributed by atoms with Crippen molar-refractivity contribution in [1.82, 2.24) is 16.1 Å². The third-order valence-corrected chi connectivity index (χ3v) is 9.79. The number of aromatic amines is 1. The molecule has 0 saturated carbocycles. The van der Waals surface area contributed by atoms with Crippen LogP contribution < -0.4 is 63.5 Å². The Morgan fingerprint density at radius 3 is 1.31 bits per heavy atom. The molecule has 0 bridgehead atoms. The molecule has 8 unspecified atom stereocenters. The number of phenols is 1. The fourth-order valence-electron chi connectivity index (χ4n) is 5.03. The van der Waals surface area contributed by atoms with E-state index in [9.17, 15) is 33.6 Å². The first-order valence-corrected chi connectivity index (χ1v) is 23.8. The molecule has 0 saturated heterocycles. The van der Waals surface area contributed by atoms with E-state index < -0.39 is 84.1 Å². The number of nitrogens with one attached hydrogen (secondary N) is 1. The number of aromatic nitrogens is 2. The lowest BCUT2D eigenvalue weighted by atomic mass is 10.0. The predicted molar refractivity (Wildman–Crippen MR) is 290 cm³/mol. The van der Waals surface area contributed by atoms with Gasteiger partial charge >= 0.3 is 41.8 Å². The fraction of sp³-hybridized carbons (Fsp3) is 0.521. The Kier molecular flexibility index (Phi) is 48.1. The van der Waals surface area contributed by atoms with Crippen LogP contribution in [0.4, 0.5) is 0 Å². The number of hydrogen-bond donors (Lipinski definition) is 20. The van der Waals surface area contributed by atoms with Crippen molar-refractivity contribution in [1.29, 1.82) is 0 Å². The smallest absolute Gasteiger partial charge is 0.320 e. The minimum Gasteiger partial charge on any atom is -0.508 e. The number of phenolic OH excluding ortho intramolecular Hbond substituents is 1. The molecular formula is C48H88N14O15. The lowest BCUT2D eigenvalue weighted by molar-refractivity contribution is -0.140. The van der Waals surface area contributed by atoms with E-state index in [4.69, 9.17) is 98.2 Å². The van der Waals surface area contributed by atoms with Crippen molar-refractivity contribution in [3.8, 4) is 5.75 Å². The van der Waals surface area contributed by atoms with Gasteiger partial charge in [-0.25, -0.2) is 4.98 Å². The average Bonchev–Trinajstić information content (AvgIpc) is 3.87. The van der Waals surface area contributed by atoms with Crippen LogP contribution in [0.25, 0.3) is 0 Å². The number of carboxylic acids is 7. The van der Waals surface area contributed by atoms with Crippen LogP contribution in [0.15, 0.2) is 72.1 Å². The second kappa shape index (κ2) is 47.1. The Labute approximate surface area is 448 Å². The number of imidazole rings is 1.